The summed E-state index contributed by atoms with van der Waals surface area (Å²) in [7, 11) is 1.42. The number of aryl methyl sites for hydroxylation is 2. The Kier molecular flexibility index (Phi) is 4.61. The average Bonchev–Trinajstić information content (AvgIpc) is 2.67. The maximum Gasteiger partial charge on any atom is 0.339 e. The Bertz CT molecular complexity index is 932. The number of methoxy groups -OCH3 is 1. The van der Waals surface area contributed by atoms with Crippen LogP contribution in [0.3, 0.4) is 0 Å². The molecular formula is C23H25NO4. The first kappa shape index (κ1) is 18.5. The second-order valence-corrected chi connectivity index (χ2v) is 8.11. The first-order chi connectivity index (χ1) is 13.4. The van der Waals surface area contributed by atoms with Crippen molar-refractivity contribution in [2.24, 2.45) is 0 Å². The van der Waals surface area contributed by atoms with Crippen LogP contribution in [0.4, 0.5) is 5.69 Å². The van der Waals surface area contributed by atoms with Crippen LogP contribution in [0.1, 0.15) is 70.0 Å². The molecule has 2 aromatic rings. The highest BCUT2D eigenvalue weighted by atomic mass is 16.5. The molecule has 0 fully saturated rings. The number of nitrogens with one attached hydrogen (secondary N) is 1. The number of carbonyl (C=O) groups excluding carboxylic acids is 1. The van der Waals surface area contributed by atoms with E-state index < -0.39 is 5.97 Å². The Hall–Kier alpha value is -2.82. The van der Waals surface area contributed by atoms with E-state index in [-0.39, 0.29) is 22.6 Å². The second kappa shape index (κ2) is 6.97. The van der Waals surface area contributed by atoms with Gasteiger partial charge in [0.2, 0.25) is 0 Å². The Morgan fingerprint density at radius 3 is 2.29 bits per heavy atom. The molecule has 0 saturated carbocycles. The predicted octanol–water partition coefficient (Wildman–Crippen LogP) is 4.58. The van der Waals surface area contributed by atoms with Gasteiger partial charge in [-0.25, -0.2) is 4.79 Å². The number of anilines is 1. The van der Waals surface area contributed by atoms with Crippen molar-refractivity contribution in [3.8, 4) is 5.75 Å². The molecular weight excluding hydrogens is 354 g/mol. The molecule has 2 aliphatic carbocycles. The van der Waals surface area contributed by atoms with Gasteiger partial charge < -0.3 is 15.2 Å². The lowest BCUT2D eigenvalue weighted by Gasteiger charge is -2.41. The fourth-order valence-corrected chi connectivity index (χ4v) is 4.93. The zero-order valence-electron chi connectivity index (χ0n) is 16.3. The fraction of sp³-hybridized carbons (Fsp3) is 0.391. The number of carbonyl (C=O) groups is 2. The van der Waals surface area contributed by atoms with Crippen LogP contribution in [-0.4, -0.2) is 24.1 Å². The number of carboxylic acids is 1. The van der Waals surface area contributed by atoms with E-state index in [1.807, 2.05) is 12.1 Å². The third kappa shape index (κ3) is 3.15. The quantitative estimate of drug-likeness (QED) is 0.816. The number of rotatable bonds is 4. The smallest absolute Gasteiger partial charge is 0.339 e. The van der Waals surface area contributed by atoms with Crippen LogP contribution in [0.15, 0.2) is 30.3 Å². The van der Waals surface area contributed by atoms with E-state index in [2.05, 4.69) is 12.2 Å². The summed E-state index contributed by atoms with van der Waals surface area (Å²) in [5, 5.41) is 12.1. The highest BCUT2D eigenvalue weighted by Crippen LogP contribution is 2.46. The summed E-state index contributed by atoms with van der Waals surface area (Å²) < 4.78 is 5.14. The Morgan fingerprint density at radius 2 is 1.71 bits per heavy atom. The van der Waals surface area contributed by atoms with Crippen molar-refractivity contribution >= 4 is 17.6 Å². The Morgan fingerprint density at radius 1 is 1.07 bits per heavy atom. The van der Waals surface area contributed by atoms with Crippen LogP contribution in [0, 0.1) is 0 Å². The standard InChI is InChI=1S/C23H25NO4/c1-23-9-3-5-14-11-16(12-15(20(14)23)6-4-10-23)21(25)24-17-7-8-18(22(26)27)19(13-17)28-2/h7-8,11-13H,3-6,9-10H2,1-2H3,(H,24,25)(H,26,27). The summed E-state index contributed by atoms with van der Waals surface area (Å²) >= 11 is 0. The number of amides is 1. The van der Waals surface area contributed by atoms with E-state index in [1.165, 1.54) is 55.5 Å². The van der Waals surface area contributed by atoms with Gasteiger partial charge in [-0.3, -0.25) is 4.79 Å². The van der Waals surface area contributed by atoms with Crippen molar-refractivity contribution in [2.75, 3.05) is 12.4 Å². The monoisotopic (exact) mass is 379 g/mol. The molecule has 0 radical (unpaired) electrons. The van der Waals surface area contributed by atoms with E-state index in [0.717, 1.165) is 12.8 Å². The number of benzene rings is 2. The third-order valence-corrected chi connectivity index (χ3v) is 6.21. The first-order valence-corrected chi connectivity index (χ1v) is 9.80. The lowest BCUT2D eigenvalue weighted by molar-refractivity contribution is 0.0693. The van der Waals surface area contributed by atoms with Crippen molar-refractivity contribution < 1.29 is 19.4 Å². The molecule has 2 N–H and O–H groups in total. The topological polar surface area (TPSA) is 75.6 Å². The van der Waals surface area contributed by atoms with Gasteiger partial charge in [0.15, 0.2) is 0 Å². The molecule has 0 saturated heterocycles. The SMILES string of the molecule is COc1cc(NC(=O)c2cc3c4c(c2)CCCC4(C)CCC3)ccc1C(=O)O. The maximum absolute atomic E-state index is 12.9. The molecule has 2 aromatic carbocycles. The minimum Gasteiger partial charge on any atom is -0.496 e. The van der Waals surface area contributed by atoms with Gasteiger partial charge in [0, 0.05) is 17.3 Å². The van der Waals surface area contributed by atoms with Crippen molar-refractivity contribution in [2.45, 2.75) is 50.9 Å². The van der Waals surface area contributed by atoms with Crippen LogP contribution >= 0.6 is 0 Å². The number of hydrogen-bond acceptors (Lipinski definition) is 3. The van der Waals surface area contributed by atoms with E-state index in [0.29, 0.717) is 11.3 Å². The lowest BCUT2D eigenvalue weighted by Crippen LogP contribution is -2.33. The van der Waals surface area contributed by atoms with Gasteiger partial charge in [-0.15, -0.1) is 0 Å². The highest BCUT2D eigenvalue weighted by molar-refractivity contribution is 6.05. The number of hydrogen-bond donors (Lipinski definition) is 2. The normalized spacial score (nSPS) is 16.8. The van der Waals surface area contributed by atoms with E-state index in [9.17, 15) is 14.7 Å². The molecule has 0 bridgehead atoms. The van der Waals surface area contributed by atoms with Crippen LogP contribution < -0.4 is 10.1 Å². The van der Waals surface area contributed by atoms with Gasteiger partial charge in [-0.1, -0.05) is 6.92 Å². The summed E-state index contributed by atoms with van der Waals surface area (Å²) in [4.78, 5) is 24.1. The van der Waals surface area contributed by atoms with E-state index >= 15 is 0 Å². The van der Waals surface area contributed by atoms with Crippen LogP contribution in [0.2, 0.25) is 0 Å². The van der Waals surface area contributed by atoms with Crippen LogP contribution in [0.25, 0.3) is 0 Å². The molecule has 0 aromatic heterocycles. The zero-order valence-corrected chi connectivity index (χ0v) is 16.3. The van der Waals surface area contributed by atoms with Gasteiger partial charge in [0.25, 0.3) is 5.91 Å². The minimum atomic E-state index is -1.06. The zero-order chi connectivity index (χ0) is 19.9. The van der Waals surface area contributed by atoms with E-state index in [1.54, 1.807) is 12.1 Å². The fourth-order valence-electron chi connectivity index (χ4n) is 4.93. The molecule has 5 heteroatoms. The number of aromatic carboxylic acids is 1. The minimum absolute atomic E-state index is 0.0676. The van der Waals surface area contributed by atoms with E-state index in [4.69, 9.17) is 4.74 Å². The maximum atomic E-state index is 12.9. The van der Waals surface area contributed by atoms with Gasteiger partial charge in [-0.05, 0) is 84.9 Å². The summed E-state index contributed by atoms with van der Waals surface area (Å²) in [6.45, 7) is 2.36. The molecule has 1 amide bonds. The van der Waals surface area contributed by atoms with Crippen LogP contribution in [-0.2, 0) is 18.3 Å². The van der Waals surface area contributed by atoms with Crippen molar-refractivity contribution in [3.63, 3.8) is 0 Å². The molecule has 2 aliphatic rings. The van der Waals surface area contributed by atoms with Crippen molar-refractivity contribution in [1.82, 2.24) is 0 Å². The number of carboxylic acid groups (broad SMARTS) is 1. The molecule has 0 heterocycles. The molecule has 0 aliphatic heterocycles. The average molecular weight is 379 g/mol. The lowest BCUT2D eigenvalue weighted by atomic mass is 9.63. The molecule has 0 atom stereocenters. The molecule has 0 spiro atoms. The molecule has 146 valence electrons. The van der Waals surface area contributed by atoms with Gasteiger partial charge >= 0.3 is 5.97 Å². The second-order valence-electron chi connectivity index (χ2n) is 8.11. The summed E-state index contributed by atoms with van der Waals surface area (Å²) in [5.41, 5.74) is 5.62. The summed E-state index contributed by atoms with van der Waals surface area (Å²) in [5.74, 6) is -1.02. The molecule has 5 nitrogen and oxygen atoms in total. The Balaban J connectivity index is 1.64. The van der Waals surface area contributed by atoms with Crippen molar-refractivity contribution in [1.29, 1.82) is 0 Å². The molecule has 0 unspecified atom stereocenters. The molecule has 4 rings (SSSR count). The summed E-state index contributed by atoms with van der Waals surface area (Å²) in [6.07, 6.45) is 6.85. The third-order valence-electron chi connectivity index (χ3n) is 6.21. The number of ether oxygens (including phenoxy) is 1. The van der Waals surface area contributed by atoms with Gasteiger partial charge in [-0.2, -0.15) is 0 Å². The largest absolute Gasteiger partial charge is 0.496 e. The highest BCUT2D eigenvalue weighted by Gasteiger charge is 2.36. The van der Waals surface area contributed by atoms with Crippen LogP contribution in [0.5, 0.6) is 5.75 Å². The summed E-state index contributed by atoms with van der Waals surface area (Å²) in [6, 6.07) is 8.66. The van der Waals surface area contributed by atoms with Crippen molar-refractivity contribution in [3.05, 3.63) is 58.1 Å². The van der Waals surface area contributed by atoms with Gasteiger partial charge in [0.1, 0.15) is 11.3 Å². The predicted molar refractivity (Wildman–Crippen MR) is 108 cm³/mol. The molecule has 28 heavy (non-hydrogen) atoms. The Labute approximate surface area is 164 Å². The first-order valence-electron chi connectivity index (χ1n) is 9.80. The van der Waals surface area contributed by atoms with Gasteiger partial charge in [0.05, 0.1) is 7.11 Å².